The first kappa shape index (κ1) is 11.4. The molecule has 1 saturated heterocycles. The first-order chi connectivity index (χ1) is 7.84. The number of amides is 1. The second-order valence-electron chi connectivity index (χ2n) is 3.55. The number of carbonyl (C=O) groups excluding carboxylic acids is 1. The highest BCUT2D eigenvalue weighted by Gasteiger charge is 2.15. The van der Waals surface area contributed by atoms with Gasteiger partial charge in [0, 0.05) is 0 Å². The van der Waals surface area contributed by atoms with Crippen LogP contribution >= 0.6 is 11.3 Å². The first-order valence-electron chi connectivity index (χ1n) is 5.23. The Morgan fingerprint density at radius 3 is 3.12 bits per heavy atom. The molecule has 0 radical (unpaired) electrons. The van der Waals surface area contributed by atoms with Crippen LogP contribution in [0, 0.1) is 0 Å². The normalized spacial score (nSPS) is 17.2. The molecular weight excluding hydrogens is 228 g/mol. The second-order valence-corrected chi connectivity index (χ2v) is 4.39. The van der Waals surface area contributed by atoms with Gasteiger partial charge in [-0.1, -0.05) is 11.3 Å². The average Bonchev–Trinajstić information content (AvgIpc) is 2.81. The maximum atomic E-state index is 11.4. The van der Waals surface area contributed by atoms with Gasteiger partial charge < -0.3 is 10.1 Å². The van der Waals surface area contributed by atoms with Gasteiger partial charge in [0.2, 0.25) is 5.13 Å². The molecule has 0 spiro atoms. The van der Waals surface area contributed by atoms with Crippen LogP contribution < -0.4 is 10.6 Å². The molecule has 0 atom stereocenters. The van der Waals surface area contributed by atoms with Crippen molar-refractivity contribution in [2.24, 2.45) is 0 Å². The maximum Gasteiger partial charge on any atom is 0.252 e. The van der Waals surface area contributed by atoms with Crippen LogP contribution in [0.4, 0.5) is 5.13 Å². The quantitative estimate of drug-likeness (QED) is 0.791. The molecule has 0 saturated carbocycles. The highest BCUT2D eigenvalue weighted by Crippen LogP contribution is 2.09. The molecule has 6 nitrogen and oxygen atoms in total. The van der Waals surface area contributed by atoms with Gasteiger partial charge in [-0.3, -0.25) is 10.1 Å². The summed E-state index contributed by atoms with van der Waals surface area (Å²) in [5.74, 6) is -0.171. The molecule has 2 heterocycles. The summed E-state index contributed by atoms with van der Waals surface area (Å²) in [4.78, 5) is 11.4. The number of carbonyl (C=O) groups is 1. The third-order valence-electron chi connectivity index (χ3n) is 2.34. The molecule has 0 aliphatic carbocycles. The molecule has 2 rings (SSSR count). The second kappa shape index (κ2) is 5.88. The largest absolute Gasteiger partial charge is 0.368 e. The van der Waals surface area contributed by atoms with Gasteiger partial charge in [-0.2, -0.15) is 0 Å². The predicted molar refractivity (Wildman–Crippen MR) is 60.4 cm³/mol. The lowest BCUT2D eigenvalue weighted by Gasteiger charge is -2.22. The Hall–Kier alpha value is -1.05. The number of hydrogen-bond donors (Lipinski definition) is 2. The van der Waals surface area contributed by atoms with Crippen molar-refractivity contribution in [2.45, 2.75) is 18.9 Å². The number of aromatic nitrogens is 2. The summed E-state index contributed by atoms with van der Waals surface area (Å²) < 4.78 is 5.50. The number of nitrogens with zero attached hydrogens (tertiary/aromatic N) is 2. The van der Waals surface area contributed by atoms with Crippen molar-refractivity contribution >= 4 is 22.4 Å². The minimum Gasteiger partial charge on any atom is -0.368 e. The van der Waals surface area contributed by atoms with Crippen LogP contribution in [0.5, 0.6) is 0 Å². The number of ether oxygens (including phenoxy) is 1. The van der Waals surface area contributed by atoms with Crippen molar-refractivity contribution in [3.63, 3.8) is 0 Å². The van der Waals surface area contributed by atoms with E-state index in [9.17, 15) is 4.79 Å². The summed E-state index contributed by atoms with van der Waals surface area (Å²) in [6.45, 7) is 2.01. The maximum absolute atomic E-state index is 11.4. The molecule has 1 amide bonds. The van der Waals surface area contributed by atoms with Crippen molar-refractivity contribution in [1.29, 1.82) is 0 Å². The molecule has 0 bridgehead atoms. The Balaban J connectivity index is 1.67. The first-order valence-corrected chi connectivity index (χ1v) is 6.11. The Morgan fingerprint density at radius 1 is 1.62 bits per heavy atom. The highest BCUT2D eigenvalue weighted by molar-refractivity contribution is 7.13. The lowest BCUT2D eigenvalue weighted by Crippen LogP contribution is -2.34. The van der Waals surface area contributed by atoms with Crippen molar-refractivity contribution in [3.05, 3.63) is 5.51 Å². The third kappa shape index (κ3) is 3.51. The zero-order valence-corrected chi connectivity index (χ0v) is 9.63. The summed E-state index contributed by atoms with van der Waals surface area (Å²) in [5.41, 5.74) is 1.57. The van der Waals surface area contributed by atoms with E-state index in [1.807, 2.05) is 0 Å². The average molecular weight is 242 g/mol. The number of hydrogen-bond acceptors (Lipinski definition) is 6. The summed E-state index contributed by atoms with van der Waals surface area (Å²) in [6.07, 6.45) is 2.12. The van der Waals surface area contributed by atoms with Crippen LogP contribution in [0.15, 0.2) is 5.51 Å². The van der Waals surface area contributed by atoms with Crippen molar-refractivity contribution in [1.82, 2.24) is 15.5 Å². The van der Waals surface area contributed by atoms with Gasteiger partial charge in [0.1, 0.15) is 12.1 Å². The van der Waals surface area contributed by atoms with E-state index in [-0.39, 0.29) is 18.6 Å². The lowest BCUT2D eigenvalue weighted by atomic mass is 10.1. The Morgan fingerprint density at radius 2 is 2.44 bits per heavy atom. The number of piperidine rings is 1. The van der Waals surface area contributed by atoms with Gasteiger partial charge in [-0.25, -0.2) is 0 Å². The van der Waals surface area contributed by atoms with Gasteiger partial charge in [-0.05, 0) is 25.9 Å². The van der Waals surface area contributed by atoms with E-state index in [2.05, 4.69) is 20.8 Å². The molecule has 2 N–H and O–H groups in total. The third-order valence-corrected chi connectivity index (χ3v) is 2.95. The van der Waals surface area contributed by atoms with Gasteiger partial charge in [0.25, 0.3) is 5.91 Å². The molecule has 88 valence electrons. The van der Waals surface area contributed by atoms with Crippen LogP contribution in [0.1, 0.15) is 12.8 Å². The van der Waals surface area contributed by atoms with E-state index in [1.54, 1.807) is 5.51 Å². The topological polar surface area (TPSA) is 76.1 Å². The summed E-state index contributed by atoms with van der Waals surface area (Å²) in [7, 11) is 0. The Bertz CT molecular complexity index is 324. The minimum atomic E-state index is -0.171. The fraction of sp³-hybridized carbons (Fsp3) is 0.667. The zero-order valence-electron chi connectivity index (χ0n) is 8.81. The SMILES string of the molecule is O=C(COC1CCNCC1)Nc1nncs1. The fourth-order valence-electron chi connectivity index (χ4n) is 1.54. The number of rotatable bonds is 4. The van der Waals surface area contributed by atoms with Gasteiger partial charge in [0.05, 0.1) is 6.10 Å². The molecule has 7 heteroatoms. The van der Waals surface area contributed by atoms with Crippen LogP contribution in [0.2, 0.25) is 0 Å². The van der Waals surface area contributed by atoms with Gasteiger partial charge in [-0.15, -0.1) is 10.2 Å². The lowest BCUT2D eigenvalue weighted by molar-refractivity contribution is -0.123. The van der Waals surface area contributed by atoms with E-state index in [1.165, 1.54) is 11.3 Å². The molecule has 1 aliphatic heterocycles. The number of nitrogens with one attached hydrogen (secondary N) is 2. The molecule has 16 heavy (non-hydrogen) atoms. The van der Waals surface area contributed by atoms with Crippen molar-refractivity contribution < 1.29 is 9.53 Å². The van der Waals surface area contributed by atoms with E-state index >= 15 is 0 Å². The standard InChI is InChI=1S/C9H14N4O2S/c14-8(12-9-13-11-6-16-9)5-15-7-1-3-10-4-2-7/h6-7,10H,1-5H2,(H,12,13,14). The minimum absolute atomic E-state index is 0.0875. The van der Waals surface area contributed by atoms with Crippen LogP contribution in [-0.2, 0) is 9.53 Å². The molecule has 0 aromatic carbocycles. The van der Waals surface area contributed by atoms with E-state index in [0.29, 0.717) is 5.13 Å². The Labute approximate surface area is 97.4 Å². The van der Waals surface area contributed by atoms with Gasteiger partial charge >= 0.3 is 0 Å². The molecule has 1 aliphatic rings. The van der Waals surface area contributed by atoms with Crippen LogP contribution in [0.25, 0.3) is 0 Å². The Kier molecular flexibility index (Phi) is 4.20. The predicted octanol–water partition coefficient (Wildman–Crippen LogP) is 0.245. The van der Waals surface area contributed by atoms with E-state index in [4.69, 9.17) is 4.74 Å². The van der Waals surface area contributed by atoms with Crippen LogP contribution in [-0.4, -0.2) is 41.9 Å². The summed E-state index contributed by atoms with van der Waals surface area (Å²) in [5, 5.41) is 13.7. The van der Waals surface area contributed by atoms with Crippen molar-refractivity contribution in [2.75, 3.05) is 25.0 Å². The molecule has 1 aromatic heterocycles. The highest BCUT2D eigenvalue weighted by atomic mass is 32.1. The summed E-state index contributed by atoms with van der Waals surface area (Å²) >= 11 is 1.29. The fourth-order valence-corrected chi connectivity index (χ4v) is 2.00. The molecule has 0 unspecified atom stereocenters. The molecule has 1 aromatic rings. The van der Waals surface area contributed by atoms with Gasteiger partial charge in [0.15, 0.2) is 0 Å². The van der Waals surface area contributed by atoms with E-state index < -0.39 is 0 Å². The molecular formula is C9H14N4O2S. The monoisotopic (exact) mass is 242 g/mol. The number of anilines is 1. The van der Waals surface area contributed by atoms with Crippen LogP contribution in [0.3, 0.4) is 0 Å². The molecule has 1 fully saturated rings. The van der Waals surface area contributed by atoms with Crippen molar-refractivity contribution in [3.8, 4) is 0 Å². The van der Waals surface area contributed by atoms with E-state index in [0.717, 1.165) is 25.9 Å². The zero-order chi connectivity index (χ0) is 11.2. The summed E-state index contributed by atoms with van der Waals surface area (Å²) in [6, 6.07) is 0. The smallest absolute Gasteiger partial charge is 0.252 e.